The Morgan fingerprint density at radius 2 is 2.18 bits per heavy atom. The molecule has 0 spiro atoms. The maximum absolute atomic E-state index is 11.6. The summed E-state index contributed by atoms with van der Waals surface area (Å²) in [5, 5.41) is 9.27. The molecule has 1 heterocycles. The summed E-state index contributed by atoms with van der Waals surface area (Å²) >= 11 is 0. The molecule has 0 aliphatic heterocycles. The van der Waals surface area contributed by atoms with Crippen LogP contribution in [0.4, 0.5) is 5.82 Å². The zero-order valence-electron chi connectivity index (χ0n) is 9.59. The Balaban J connectivity index is 2.72. The van der Waals surface area contributed by atoms with Crippen LogP contribution < -0.4 is 5.73 Å². The summed E-state index contributed by atoms with van der Waals surface area (Å²) in [5.41, 5.74) is 5.27. The molecule has 0 saturated carbocycles. The van der Waals surface area contributed by atoms with Gasteiger partial charge in [0.25, 0.3) is 10.1 Å². The first kappa shape index (κ1) is 13.7. The van der Waals surface area contributed by atoms with E-state index in [1.807, 2.05) is 6.92 Å². The molecule has 0 bridgehead atoms. The molecule has 7 heteroatoms. The Kier molecular flexibility index (Phi) is 4.71. The molecule has 0 saturated heterocycles. The summed E-state index contributed by atoms with van der Waals surface area (Å²) < 4.78 is 28.1. The molecule has 1 aromatic heterocycles. The second-order valence-electron chi connectivity index (χ2n) is 3.56. The second-order valence-corrected chi connectivity index (χ2v) is 5.17. The van der Waals surface area contributed by atoms with E-state index in [0.717, 1.165) is 25.1 Å². The van der Waals surface area contributed by atoms with Crippen molar-refractivity contribution >= 4 is 15.9 Å². The standard InChI is InChI=1S/C10H16N2O4S/c1-2-3-4-5-16-17(14,15)8-6-9(13)10(11)12-7-8/h6-7,13H,2-5H2,1H3,(H2,11,12). The van der Waals surface area contributed by atoms with Gasteiger partial charge in [0.05, 0.1) is 12.8 Å². The number of nitrogens with two attached hydrogens (primary N) is 1. The van der Waals surface area contributed by atoms with Crippen molar-refractivity contribution in [2.45, 2.75) is 31.1 Å². The quantitative estimate of drug-likeness (QED) is 0.589. The zero-order valence-corrected chi connectivity index (χ0v) is 10.4. The highest BCUT2D eigenvalue weighted by atomic mass is 32.2. The van der Waals surface area contributed by atoms with Crippen molar-refractivity contribution in [3.8, 4) is 5.75 Å². The molecule has 0 aliphatic rings. The lowest BCUT2D eigenvalue weighted by atomic mass is 10.3. The zero-order chi connectivity index (χ0) is 12.9. The van der Waals surface area contributed by atoms with E-state index < -0.39 is 10.1 Å². The molecule has 0 fully saturated rings. The Morgan fingerprint density at radius 1 is 1.47 bits per heavy atom. The molecule has 0 aromatic carbocycles. The van der Waals surface area contributed by atoms with Crippen molar-refractivity contribution in [2.24, 2.45) is 0 Å². The minimum Gasteiger partial charge on any atom is -0.504 e. The fourth-order valence-corrected chi connectivity index (χ4v) is 2.08. The number of rotatable bonds is 6. The highest BCUT2D eigenvalue weighted by Crippen LogP contribution is 2.22. The van der Waals surface area contributed by atoms with Crippen molar-refractivity contribution in [1.82, 2.24) is 4.98 Å². The van der Waals surface area contributed by atoms with Gasteiger partial charge in [-0.3, -0.25) is 4.18 Å². The van der Waals surface area contributed by atoms with Crippen LogP contribution in [0.15, 0.2) is 17.2 Å². The van der Waals surface area contributed by atoms with Gasteiger partial charge in [-0.25, -0.2) is 4.98 Å². The molecule has 6 nitrogen and oxygen atoms in total. The van der Waals surface area contributed by atoms with Crippen LogP contribution in [-0.4, -0.2) is 25.1 Å². The fraction of sp³-hybridized carbons (Fsp3) is 0.500. The van der Waals surface area contributed by atoms with Gasteiger partial charge in [0.2, 0.25) is 0 Å². The number of anilines is 1. The number of unbranched alkanes of at least 4 members (excludes halogenated alkanes) is 2. The van der Waals surface area contributed by atoms with E-state index in [4.69, 9.17) is 9.92 Å². The number of nitrogens with zero attached hydrogens (tertiary/aromatic N) is 1. The normalized spacial score (nSPS) is 11.6. The van der Waals surface area contributed by atoms with Gasteiger partial charge in [0.15, 0.2) is 11.6 Å². The van der Waals surface area contributed by atoms with Crippen LogP contribution in [0.1, 0.15) is 26.2 Å². The fourth-order valence-electron chi connectivity index (χ4n) is 1.17. The maximum Gasteiger partial charge on any atom is 0.298 e. The van der Waals surface area contributed by atoms with Gasteiger partial charge in [0.1, 0.15) is 4.90 Å². The molecule has 0 radical (unpaired) electrons. The van der Waals surface area contributed by atoms with Crippen LogP contribution >= 0.6 is 0 Å². The van der Waals surface area contributed by atoms with Gasteiger partial charge >= 0.3 is 0 Å². The molecule has 0 aliphatic carbocycles. The van der Waals surface area contributed by atoms with Gasteiger partial charge in [-0.15, -0.1) is 0 Å². The summed E-state index contributed by atoms with van der Waals surface area (Å²) in [6.45, 7) is 2.14. The van der Waals surface area contributed by atoms with E-state index in [-0.39, 0.29) is 23.1 Å². The lowest BCUT2D eigenvalue weighted by molar-refractivity contribution is 0.307. The molecule has 3 N–H and O–H groups in total. The predicted molar refractivity (Wildman–Crippen MR) is 63.0 cm³/mol. The maximum atomic E-state index is 11.6. The first-order valence-electron chi connectivity index (χ1n) is 5.31. The molecule has 1 rings (SSSR count). The number of aromatic nitrogens is 1. The van der Waals surface area contributed by atoms with E-state index in [9.17, 15) is 13.5 Å². The molecule has 0 amide bonds. The smallest absolute Gasteiger partial charge is 0.298 e. The largest absolute Gasteiger partial charge is 0.504 e. The van der Waals surface area contributed by atoms with Crippen molar-refractivity contribution in [3.05, 3.63) is 12.3 Å². The first-order chi connectivity index (χ1) is 7.97. The van der Waals surface area contributed by atoms with Gasteiger partial charge in [-0.1, -0.05) is 19.8 Å². The number of aromatic hydroxyl groups is 1. The molecular formula is C10H16N2O4S. The van der Waals surface area contributed by atoms with Gasteiger partial charge in [0, 0.05) is 6.07 Å². The summed E-state index contributed by atoms with van der Waals surface area (Å²) in [7, 11) is -3.86. The number of hydrogen-bond acceptors (Lipinski definition) is 6. The first-order valence-corrected chi connectivity index (χ1v) is 6.72. The molecule has 96 valence electrons. The summed E-state index contributed by atoms with van der Waals surface area (Å²) in [6, 6.07) is 1.03. The van der Waals surface area contributed by atoms with Crippen molar-refractivity contribution < 1.29 is 17.7 Å². The Labute approximate surface area is 101 Å². The lowest BCUT2D eigenvalue weighted by Gasteiger charge is -2.06. The molecule has 1 aromatic rings. The van der Waals surface area contributed by atoms with E-state index >= 15 is 0 Å². The van der Waals surface area contributed by atoms with Crippen LogP contribution in [0.25, 0.3) is 0 Å². The average Bonchev–Trinajstić information content (AvgIpc) is 2.28. The predicted octanol–water partition coefficient (Wildman–Crippen LogP) is 1.26. The topological polar surface area (TPSA) is 103 Å². The SMILES string of the molecule is CCCCCOS(=O)(=O)c1cnc(N)c(O)c1. The molecule has 0 unspecified atom stereocenters. The van der Waals surface area contributed by atoms with Crippen LogP contribution in [-0.2, 0) is 14.3 Å². The highest BCUT2D eigenvalue weighted by Gasteiger charge is 2.17. The van der Waals surface area contributed by atoms with Gasteiger partial charge in [-0.05, 0) is 6.42 Å². The molecule has 0 atom stereocenters. The lowest BCUT2D eigenvalue weighted by Crippen LogP contribution is -2.08. The van der Waals surface area contributed by atoms with Gasteiger partial charge < -0.3 is 10.8 Å². The van der Waals surface area contributed by atoms with E-state index in [1.54, 1.807) is 0 Å². The molecular weight excluding hydrogens is 244 g/mol. The summed E-state index contributed by atoms with van der Waals surface area (Å²) in [6.07, 6.45) is 3.61. The second kappa shape index (κ2) is 5.83. The van der Waals surface area contributed by atoms with Crippen molar-refractivity contribution in [1.29, 1.82) is 0 Å². The molecule has 17 heavy (non-hydrogen) atoms. The van der Waals surface area contributed by atoms with Gasteiger partial charge in [-0.2, -0.15) is 8.42 Å². The summed E-state index contributed by atoms with van der Waals surface area (Å²) in [5.74, 6) is -0.488. The summed E-state index contributed by atoms with van der Waals surface area (Å²) in [4.78, 5) is 3.36. The number of hydrogen-bond donors (Lipinski definition) is 2. The Morgan fingerprint density at radius 3 is 2.76 bits per heavy atom. The highest BCUT2D eigenvalue weighted by molar-refractivity contribution is 7.86. The van der Waals surface area contributed by atoms with Crippen molar-refractivity contribution in [3.63, 3.8) is 0 Å². The van der Waals surface area contributed by atoms with Crippen LogP contribution in [0.2, 0.25) is 0 Å². The monoisotopic (exact) mass is 260 g/mol. The third-order valence-electron chi connectivity index (χ3n) is 2.15. The minimum atomic E-state index is -3.86. The van der Waals surface area contributed by atoms with E-state index in [2.05, 4.69) is 4.98 Å². The van der Waals surface area contributed by atoms with Crippen LogP contribution in [0.3, 0.4) is 0 Å². The Hall–Kier alpha value is -1.34. The van der Waals surface area contributed by atoms with Crippen LogP contribution in [0.5, 0.6) is 5.75 Å². The van der Waals surface area contributed by atoms with E-state index in [0.29, 0.717) is 6.42 Å². The van der Waals surface area contributed by atoms with E-state index in [1.165, 1.54) is 0 Å². The van der Waals surface area contributed by atoms with Crippen molar-refractivity contribution in [2.75, 3.05) is 12.3 Å². The number of nitrogen functional groups attached to an aromatic ring is 1. The third kappa shape index (κ3) is 3.86. The third-order valence-corrected chi connectivity index (χ3v) is 3.42. The minimum absolute atomic E-state index is 0.116. The van der Waals surface area contributed by atoms with Crippen LogP contribution in [0, 0.1) is 0 Å². The number of pyridine rings is 1. The Bertz CT molecular complexity index is 473. The average molecular weight is 260 g/mol.